The lowest BCUT2D eigenvalue weighted by Gasteiger charge is -2.51. The van der Waals surface area contributed by atoms with Crippen LogP contribution in [0.25, 0.3) is 0 Å². The quantitative estimate of drug-likeness (QED) is 0.528. The number of aliphatic carboxylic acids is 1. The smallest absolute Gasteiger partial charge is 0.350 e. The number of allylic oxidation sites excluding steroid dienone is 1. The molecule has 0 aromatic carbocycles. The van der Waals surface area contributed by atoms with Crippen LogP contribution in [0.4, 0.5) is 0 Å². The molecule has 2 saturated heterocycles. The zero-order chi connectivity index (χ0) is 20.2. The number of carbonyl (C=O) groups is 1. The number of guanidine groups is 1. The Morgan fingerprint density at radius 3 is 2.90 bits per heavy atom. The molecule has 0 unspecified atom stereocenters. The van der Waals surface area contributed by atoms with Crippen LogP contribution in [-0.2, 0) is 14.3 Å². The molecule has 0 amide bonds. The Balaban J connectivity index is 1.52. The molecule has 7 nitrogen and oxygen atoms in total. The van der Waals surface area contributed by atoms with Gasteiger partial charge in [-0.15, -0.1) is 0 Å². The van der Waals surface area contributed by atoms with Crippen molar-refractivity contribution in [2.45, 2.75) is 107 Å². The van der Waals surface area contributed by atoms with E-state index in [0.717, 1.165) is 57.3 Å². The molecular weight excluding hydrogens is 370 g/mol. The SMILES string of the molecule is CC[C@H]1C=CCC[C@@]2(C[C@@H]3CC[C@@H]4[C@@H](C(=O)[O-])[C@@]5(CCC[C@@H](C)O5)NC(=[N+]34)N2)O1. The molecule has 0 aromatic heterocycles. The number of nitrogens with zero attached hydrogens (tertiary/aromatic N) is 1. The minimum absolute atomic E-state index is 0.0304. The Morgan fingerprint density at radius 1 is 1.28 bits per heavy atom. The van der Waals surface area contributed by atoms with Crippen LogP contribution < -0.4 is 15.7 Å². The number of hydrogen-bond donors (Lipinski definition) is 2. The van der Waals surface area contributed by atoms with Gasteiger partial charge in [0.1, 0.15) is 0 Å². The number of ether oxygens (including phenoxy) is 2. The molecule has 5 heterocycles. The molecule has 0 aliphatic carbocycles. The summed E-state index contributed by atoms with van der Waals surface area (Å²) in [7, 11) is 0. The van der Waals surface area contributed by atoms with Gasteiger partial charge in [-0.1, -0.05) is 19.1 Å². The van der Waals surface area contributed by atoms with E-state index in [9.17, 15) is 9.90 Å². The van der Waals surface area contributed by atoms with Gasteiger partial charge >= 0.3 is 5.96 Å². The molecule has 5 aliphatic heterocycles. The predicted octanol–water partition coefficient (Wildman–Crippen LogP) is 0.975. The van der Waals surface area contributed by atoms with Crippen LogP contribution in [0.2, 0.25) is 0 Å². The average molecular weight is 404 g/mol. The maximum atomic E-state index is 12.3. The summed E-state index contributed by atoms with van der Waals surface area (Å²) >= 11 is 0. The number of carbonyl (C=O) groups excluding carboxylic acids is 1. The van der Waals surface area contributed by atoms with Crippen LogP contribution in [0.5, 0.6) is 0 Å². The summed E-state index contributed by atoms with van der Waals surface area (Å²) in [5, 5.41) is 19.5. The molecule has 2 fully saturated rings. The summed E-state index contributed by atoms with van der Waals surface area (Å²) < 4.78 is 15.2. The molecule has 5 rings (SSSR count). The van der Waals surface area contributed by atoms with Crippen LogP contribution in [0.1, 0.15) is 71.6 Å². The second-order valence-corrected chi connectivity index (χ2v) is 9.54. The molecule has 29 heavy (non-hydrogen) atoms. The van der Waals surface area contributed by atoms with Gasteiger partial charge in [0.25, 0.3) is 0 Å². The van der Waals surface area contributed by atoms with Gasteiger partial charge in [-0.05, 0) is 45.4 Å². The Labute approximate surface area is 172 Å². The standard InChI is InChI=1S/C22H33N3O4/c1-3-16-8-4-5-11-21(29-16)13-15-9-10-17-18(19(26)27)22(12-6-7-14(2)28-22)24-20(23-21)25(15)17/h4,8,14-18H,3,5-7,9-13H2,1-2H3,(H2,23,24,26,27)/t14-,15+,16+,17-,18+,21+,22+/m1/s1. The first-order chi connectivity index (χ1) is 14.0. The highest BCUT2D eigenvalue weighted by atomic mass is 16.5. The lowest BCUT2D eigenvalue weighted by atomic mass is 9.80. The van der Waals surface area contributed by atoms with Gasteiger partial charge in [-0.3, -0.25) is 4.58 Å². The minimum atomic E-state index is -1.00. The Hall–Kier alpha value is -1.60. The normalized spacial score (nSPS) is 46.2. The van der Waals surface area contributed by atoms with Crippen molar-refractivity contribution in [2.24, 2.45) is 5.92 Å². The van der Waals surface area contributed by atoms with Gasteiger partial charge in [0.05, 0.1) is 36.2 Å². The first kappa shape index (κ1) is 19.4. The molecule has 5 aliphatic rings. The highest BCUT2D eigenvalue weighted by molar-refractivity contribution is 5.81. The molecule has 0 radical (unpaired) electrons. The largest absolute Gasteiger partial charge is 0.549 e. The molecule has 2 spiro atoms. The van der Waals surface area contributed by atoms with Crippen LogP contribution >= 0.6 is 0 Å². The fourth-order valence-electron chi connectivity index (χ4n) is 6.40. The number of rotatable bonds is 2. The van der Waals surface area contributed by atoms with E-state index in [1.165, 1.54) is 0 Å². The summed E-state index contributed by atoms with van der Waals surface area (Å²) in [6, 6.07) is 0.182. The van der Waals surface area contributed by atoms with Gasteiger partial charge in [-0.25, -0.2) is 10.6 Å². The van der Waals surface area contributed by atoms with E-state index >= 15 is 0 Å². The molecule has 7 heteroatoms. The van der Waals surface area contributed by atoms with Crippen molar-refractivity contribution in [3.05, 3.63) is 12.2 Å². The van der Waals surface area contributed by atoms with E-state index in [2.05, 4.69) is 34.3 Å². The van der Waals surface area contributed by atoms with Crippen molar-refractivity contribution < 1.29 is 24.0 Å². The Bertz CT molecular complexity index is 752. The highest BCUT2D eigenvalue weighted by Crippen LogP contribution is 2.45. The molecule has 0 aromatic rings. The van der Waals surface area contributed by atoms with Gasteiger partial charge in [0.15, 0.2) is 11.4 Å². The minimum Gasteiger partial charge on any atom is -0.549 e. The first-order valence-corrected chi connectivity index (χ1v) is 11.4. The monoisotopic (exact) mass is 403 g/mol. The van der Waals surface area contributed by atoms with E-state index in [4.69, 9.17) is 9.47 Å². The third kappa shape index (κ3) is 3.08. The summed E-state index contributed by atoms with van der Waals surface area (Å²) in [6.45, 7) is 4.18. The lowest BCUT2D eigenvalue weighted by molar-refractivity contribution is -0.610. The predicted molar refractivity (Wildman–Crippen MR) is 105 cm³/mol. The van der Waals surface area contributed by atoms with E-state index in [1.807, 2.05) is 6.92 Å². The van der Waals surface area contributed by atoms with Crippen molar-refractivity contribution in [3.63, 3.8) is 0 Å². The lowest BCUT2D eigenvalue weighted by Crippen LogP contribution is -2.77. The molecule has 0 bridgehead atoms. The van der Waals surface area contributed by atoms with Crippen LogP contribution in [0, 0.1) is 5.92 Å². The number of nitrogens with one attached hydrogen (secondary N) is 2. The Kier molecular flexibility index (Phi) is 4.66. The van der Waals surface area contributed by atoms with Crippen LogP contribution in [0.3, 0.4) is 0 Å². The second-order valence-electron chi connectivity index (χ2n) is 9.54. The van der Waals surface area contributed by atoms with Crippen molar-refractivity contribution in [3.8, 4) is 0 Å². The van der Waals surface area contributed by atoms with Crippen LogP contribution in [-0.4, -0.2) is 52.2 Å². The fourth-order valence-corrected chi connectivity index (χ4v) is 6.40. The first-order valence-electron chi connectivity index (χ1n) is 11.4. The molecule has 0 saturated carbocycles. The fraction of sp³-hybridized carbons (Fsp3) is 0.818. The highest BCUT2D eigenvalue weighted by Gasteiger charge is 2.62. The maximum absolute atomic E-state index is 12.3. The number of carboxylic acids is 1. The number of carboxylic acid groups (broad SMARTS) is 1. The molecule has 7 atom stereocenters. The molecule has 2 N–H and O–H groups in total. The summed E-state index contributed by atoms with van der Waals surface area (Å²) in [4.78, 5) is 12.3. The summed E-state index contributed by atoms with van der Waals surface area (Å²) in [6.07, 6.45) is 12.7. The van der Waals surface area contributed by atoms with E-state index < -0.39 is 23.3 Å². The van der Waals surface area contributed by atoms with Crippen molar-refractivity contribution >= 4 is 11.9 Å². The average Bonchev–Trinajstić information content (AvgIpc) is 2.96. The van der Waals surface area contributed by atoms with E-state index in [0.29, 0.717) is 6.42 Å². The summed E-state index contributed by atoms with van der Waals surface area (Å²) in [5.74, 6) is -0.778. The molecular formula is C22H33N3O4. The van der Waals surface area contributed by atoms with E-state index in [-0.39, 0.29) is 24.3 Å². The van der Waals surface area contributed by atoms with E-state index in [1.54, 1.807) is 0 Å². The zero-order valence-corrected chi connectivity index (χ0v) is 17.5. The van der Waals surface area contributed by atoms with Gasteiger partial charge < -0.3 is 19.4 Å². The van der Waals surface area contributed by atoms with Crippen LogP contribution in [0.15, 0.2) is 12.2 Å². The zero-order valence-electron chi connectivity index (χ0n) is 17.5. The number of hydrogen-bond acceptors (Lipinski definition) is 6. The van der Waals surface area contributed by atoms with Crippen molar-refractivity contribution in [2.75, 3.05) is 0 Å². The van der Waals surface area contributed by atoms with Crippen molar-refractivity contribution in [1.29, 1.82) is 0 Å². The van der Waals surface area contributed by atoms with Gasteiger partial charge in [0, 0.05) is 19.3 Å². The third-order valence-electron chi connectivity index (χ3n) is 7.60. The molecule has 160 valence electrons. The second kappa shape index (κ2) is 6.98. The van der Waals surface area contributed by atoms with Crippen molar-refractivity contribution in [1.82, 2.24) is 10.6 Å². The van der Waals surface area contributed by atoms with Gasteiger partial charge in [0.2, 0.25) is 0 Å². The topological polar surface area (TPSA) is 85.7 Å². The Morgan fingerprint density at radius 2 is 2.14 bits per heavy atom. The third-order valence-corrected chi connectivity index (χ3v) is 7.60. The summed E-state index contributed by atoms with van der Waals surface area (Å²) in [5.41, 5.74) is -1.32. The maximum Gasteiger partial charge on any atom is 0.350 e. The van der Waals surface area contributed by atoms with Gasteiger partial charge in [-0.2, -0.15) is 0 Å².